The van der Waals surface area contributed by atoms with Crippen molar-refractivity contribution in [2.24, 2.45) is 0 Å². The summed E-state index contributed by atoms with van der Waals surface area (Å²) in [6.07, 6.45) is 0. The summed E-state index contributed by atoms with van der Waals surface area (Å²) in [6, 6.07) is 3.18. The molecule has 0 saturated heterocycles. The number of aromatic nitrogens is 2. The lowest BCUT2D eigenvalue weighted by molar-refractivity contribution is 0.404. The van der Waals surface area contributed by atoms with Gasteiger partial charge < -0.3 is 19.8 Å². The van der Waals surface area contributed by atoms with Gasteiger partial charge in [0.05, 0.1) is 36.4 Å². The van der Waals surface area contributed by atoms with Gasteiger partial charge in [-0.05, 0) is 26.3 Å². The molecule has 0 saturated carbocycles. The molecule has 1 atom stereocenters. The van der Waals surface area contributed by atoms with Gasteiger partial charge in [0, 0.05) is 17.0 Å². The number of nitrogens with one attached hydrogen (secondary N) is 2. The molecule has 2 heterocycles. The van der Waals surface area contributed by atoms with Gasteiger partial charge in [-0.15, -0.1) is 11.3 Å². The first-order chi connectivity index (χ1) is 12.3. The minimum atomic E-state index is -0.255. The Morgan fingerprint density at radius 1 is 1.23 bits per heavy atom. The highest BCUT2D eigenvalue weighted by Gasteiger charge is 2.17. The van der Waals surface area contributed by atoms with Gasteiger partial charge in [0.25, 0.3) is 5.56 Å². The van der Waals surface area contributed by atoms with Crippen LogP contribution in [0.25, 0.3) is 10.2 Å². The van der Waals surface area contributed by atoms with Crippen molar-refractivity contribution < 1.29 is 9.47 Å². The summed E-state index contributed by atoms with van der Waals surface area (Å²) in [4.78, 5) is 21.8. The monoisotopic (exact) mass is 393 g/mol. The molecular weight excluding hydrogens is 374 g/mol. The van der Waals surface area contributed by atoms with Gasteiger partial charge in [-0.25, -0.2) is 4.98 Å². The van der Waals surface area contributed by atoms with Crippen molar-refractivity contribution in [1.82, 2.24) is 9.97 Å². The number of benzene rings is 1. The van der Waals surface area contributed by atoms with Gasteiger partial charge in [0.2, 0.25) is 0 Å². The third-order valence-electron chi connectivity index (χ3n) is 4.31. The Balaban J connectivity index is 1.99. The number of aromatic amines is 1. The number of ether oxygens (including phenoxy) is 2. The number of hydrogen-bond acceptors (Lipinski definition) is 6. The number of methoxy groups -OCH3 is 2. The van der Waals surface area contributed by atoms with E-state index in [2.05, 4.69) is 15.3 Å². The number of nitrogens with zero attached hydrogens (tertiary/aromatic N) is 1. The van der Waals surface area contributed by atoms with Crippen molar-refractivity contribution >= 4 is 38.8 Å². The third-order valence-corrected chi connectivity index (χ3v) is 5.71. The lowest BCUT2D eigenvalue weighted by Crippen LogP contribution is -2.17. The molecule has 0 aliphatic carbocycles. The van der Waals surface area contributed by atoms with E-state index in [9.17, 15) is 4.79 Å². The Morgan fingerprint density at radius 2 is 1.92 bits per heavy atom. The van der Waals surface area contributed by atoms with Gasteiger partial charge in [-0.3, -0.25) is 4.79 Å². The van der Waals surface area contributed by atoms with E-state index < -0.39 is 0 Å². The number of hydrogen-bond donors (Lipinski definition) is 2. The second-order valence-electron chi connectivity index (χ2n) is 5.97. The second kappa shape index (κ2) is 7.17. The highest BCUT2D eigenvalue weighted by molar-refractivity contribution is 7.18. The standard InChI is InChI=1S/C18H20ClN3O3S/c1-8-10(3)26-18-15(8)17(23)21-16(22-18)9(2)20-12-7-13(24-4)11(19)6-14(12)25-5/h6-7,9,20H,1-5H3,(H,21,22,23). The normalized spacial score (nSPS) is 12.2. The molecule has 8 heteroatoms. The van der Waals surface area contributed by atoms with Crippen LogP contribution in [0.1, 0.15) is 29.2 Å². The van der Waals surface area contributed by atoms with Crippen molar-refractivity contribution in [1.29, 1.82) is 0 Å². The molecule has 0 bridgehead atoms. The van der Waals surface area contributed by atoms with Crippen LogP contribution in [-0.2, 0) is 0 Å². The Bertz CT molecular complexity index is 1030. The number of fused-ring (bicyclic) bond motifs is 1. The van der Waals surface area contributed by atoms with E-state index in [-0.39, 0.29) is 11.6 Å². The molecule has 3 aromatic rings. The van der Waals surface area contributed by atoms with E-state index in [1.165, 1.54) is 11.3 Å². The van der Waals surface area contributed by atoms with Crippen LogP contribution in [-0.4, -0.2) is 24.2 Å². The lowest BCUT2D eigenvalue weighted by Gasteiger charge is -2.18. The maximum Gasteiger partial charge on any atom is 0.259 e. The van der Waals surface area contributed by atoms with E-state index in [4.69, 9.17) is 21.1 Å². The van der Waals surface area contributed by atoms with Crippen LogP contribution in [0.4, 0.5) is 5.69 Å². The van der Waals surface area contributed by atoms with E-state index >= 15 is 0 Å². The molecular formula is C18H20ClN3O3S. The van der Waals surface area contributed by atoms with Gasteiger partial charge in [-0.1, -0.05) is 11.6 Å². The average Bonchev–Trinajstić information content (AvgIpc) is 2.90. The summed E-state index contributed by atoms with van der Waals surface area (Å²) in [5.41, 5.74) is 1.55. The fourth-order valence-electron chi connectivity index (χ4n) is 2.75. The maximum absolute atomic E-state index is 12.5. The van der Waals surface area contributed by atoms with Gasteiger partial charge in [-0.2, -0.15) is 0 Å². The number of anilines is 1. The second-order valence-corrected chi connectivity index (χ2v) is 7.58. The first-order valence-electron chi connectivity index (χ1n) is 8.03. The molecule has 26 heavy (non-hydrogen) atoms. The van der Waals surface area contributed by atoms with Crippen LogP contribution in [0.2, 0.25) is 5.02 Å². The molecule has 0 amide bonds. The largest absolute Gasteiger partial charge is 0.495 e. The summed E-state index contributed by atoms with van der Waals surface area (Å²) in [5, 5.41) is 4.42. The van der Waals surface area contributed by atoms with Gasteiger partial charge in [0.1, 0.15) is 22.2 Å². The first-order valence-corrected chi connectivity index (χ1v) is 9.23. The van der Waals surface area contributed by atoms with E-state index in [1.807, 2.05) is 20.8 Å². The topological polar surface area (TPSA) is 76.2 Å². The fraction of sp³-hybridized carbons (Fsp3) is 0.333. The van der Waals surface area contributed by atoms with Crippen LogP contribution in [0.15, 0.2) is 16.9 Å². The van der Waals surface area contributed by atoms with Crippen LogP contribution < -0.4 is 20.3 Å². The first kappa shape index (κ1) is 18.5. The lowest BCUT2D eigenvalue weighted by atomic mass is 10.2. The number of halogens is 1. The molecule has 2 aromatic heterocycles. The number of rotatable bonds is 5. The Morgan fingerprint density at radius 3 is 2.58 bits per heavy atom. The van der Waals surface area contributed by atoms with Crippen molar-refractivity contribution in [2.45, 2.75) is 26.8 Å². The summed E-state index contributed by atoms with van der Waals surface area (Å²) >= 11 is 7.67. The van der Waals surface area contributed by atoms with E-state index in [0.717, 1.165) is 15.3 Å². The Kier molecular flexibility index (Phi) is 5.11. The molecule has 6 nitrogen and oxygen atoms in total. The molecule has 1 aromatic carbocycles. The summed E-state index contributed by atoms with van der Waals surface area (Å²) in [5.74, 6) is 1.66. The minimum Gasteiger partial charge on any atom is -0.495 e. The van der Waals surface area contributed by atoms with E-state index in [0.29, 0.717) is 33.4 Å². The summed E-state index contributed by atoms with van der Waals surface area (Å²) in [6.45, 7) is 5.85. The molecule has 138 valence electrons. The highest BCUT2D eigenvalue weighted by Crippen LogP contribution is 2.37. The van der Waals surface area contributed by atoms with Gasteiger partial charge in [0.15, 0.2) is 0 Å². The van der Waals surface area contributed by atoms with Crippen LogP contribution in [0, 0.1) is 13.8 Å². The molecule has 0 aliphatic heterocycles. The zero-order valence-corrected chi connectivity index (χ0v) is 16.8. The predicted molar refractivity (Wildman–Crippen MR) is 106 cm³/mol. The smallest absolute Gasteiger partial charge is 0.259 e. The summed E-state index contributed by atoms with van der Waals surface area (Å²) < 4.78 is 10.6. The predicted octanol–water partition coefficient (Wildman–Crippen LogP) is 4.45. The third kappa shape index (κ3) is 3.24. The molecule has 2 N–H and O–H groups in total. The Labute approximate surface area is 160 Å². The molecule has 1 unspecified atom stereocenters. The van der Waals surface area contributed by atoms with Crippen LogP contribution in [0.5, 0.6) is 11.5 Å². The quantitative estimate of drug-likeness (QED) is 0.669. The average molecular weight is 394 g/mol. The van der Waals surface area contributed by atoms with Crippen molar-refractivity contribution in [2.75, 3.05) is 19.5 Å². The molecule has 0 fully saturated rings. The number of H-pyrrole nitrogens is 1. The Hall–Kier alpha value is -2.25. The van der Waals surface area contributed by atoms with E-state index in [1.54, 1.807) is 26.4 Å². The molecule has 0 radical (unpaired) electrons. The zero-order chi connectivity index (χ0) is 19.0. The summed E-state index contributed by atoms with van der Waals surface area (Å²) in [7, 11) is 3.12. The zero-order valence-electron chi connectivity index (χ0n) is 15.2. The van der Waals surface area contributed by atoms with Gasteiger partial charge >= 0.3 is 0 Å². The molecule has 3 rings (SSSR count). The van der Waals surface area contributed by atoms with Crippen molar-refractivity contribution in [3.05, 3.63) is 43.8 Å². The number of thiophene rings is 1. The van der Waals surface area contributed by atoms with Crippen molar-refractivity contribution in [3.8, 4) is 11.5 Å². The molecule has 0 aliphatic rings. The van der Waals surface area contributed by atoms with Crippen LogP contribution in [0.3, 0.4) is 0 Å². The number of aryl methyl sites for hydroxylation is 2. The van der Waals surface area contributed by atoms with Crippen molar-refractivity contribution in [3.63, 3.8) is 0 Å². The maximum atomic E-state index is 12.5. The fourth-order valence-corrected chi connectivity index (χ4v) is 4.02. The highest BCUT2D eigenvalue weighted by atomic mass is 35.5. The van der Waals surface area contributed by atoms with Crippen LogP contribution >= 0.6 is 22.9 Å². The minimum absolute atomic E-state index is 0.124. The SMILES string of the molecule is COc1cc(NC(C)c2nc3sc(C)c(C)c3c(=O)[nH]2)c(OC)cc1Cl. The molecule has 0 spiro atoms.